The van der Waals surface area contributed by atoms with Crippen LogP contribution in [0.4, 0.5) is 0 Å². The summed E-state index contributed by atoms with van der Waals surface area (Å²) in [4.78, 5) is 30.1. The first-order valence-electron chi connectivity index (χ1n) is 9.26. The zero-order chi connectivity index (χ0) is 19.9. The van der Waals surface area contributed by atoms with Crippen LogP contribution in [0.2, 0.25) is 0 Å². The van der Waals surface area contributed by atoms with Crippen molar-refractivity contribution in [3.8, 4) is 5.75 Å². The molecule has 0 bridgehead atoms. The summed E-state index contributed by atoms with van der Waals surface area (Å²) in [5.74, 6) is 0.0488. The topological polar surface area (TPSA) is 78.0 Å². The van der Waals surface area contributed by atoms with Gasteiger partial charge in [-0.2, -0.15) is 0 Å². The minimum atomic E-state index is -0.445. The number of likely N-dealkylation sites (tertiary alicyclic amines) is 1. The Kier molecular flexibility index (Phi) is 6.60. The number of methoxy groups -OCH3 is 1. The van der Waals surface area contributed by atoms with Crippen LogP contribution in [-0.2, 0) is 20.8 Å². The Balaban J connectivity index is 1.67. The maximum Gasteiger partial charge on any atom is 0.356 e. The van der Waals surface area contributed by atoms with E-state index in [2.05, 4.69) is 4.98 Å². The van der Waals surface area contributed by atoms with Gasteiger partial charge in [-0.05, 0) is 30.7 Å². The van der Waals surface area contributed by atoms with E-state index >= 15 is 0 Å². The highest BCUT2D eigenvalue weighted by Gasteiger charge is 2.38. The zero-order valence-corrected chi connectivity index (χ0v) is 16.0. The van der Waals surface area contributed by atoms with Gasteiger partial charge < -0.3 is 14.2 Å². The molecule has 7 nitrogen and oxygen atoms in total. The average Bonchev–Trinajstić information content (AvgIpc) is 3.11. The molecule has 0 amide bonds. The molecule has 0 saturated carbocycles. The minimum absolute atomic E-state index is 0.113. The van der Waals surface area contributed by atoms with Crippen molar-refractivity contribution in [1.82, 2.24) is 9.88 Å². The van der Waals surface area contributed by atoms with Crippen LogP contribution in [0.15, 0.2) is 48.7 Å². The molecule has 1 aliphatic heterocycles. The first kappa shape index (κ1) is 19.8. The Bertz CT molecular complexity index is 794. The number of pyridine rings is 1. The van der Waals surface area contributed by atoms with Gasteiger partial charge in [-0.15, -0.1) is 0 Å². The molecule has 7 heteroatoms. The molecule has 0 spiro atoms. The predicted octanol–water partition coefficient (Wildman–Crippen LogP) is 2.45. The molecule has 148 valence electrons. The van der Waals surface area contributed by atoms with E-state index in [1.165, 1.54) is 7.11 Å². The first-order valence-corrected chi connectivity index (χ1v) is 9.26. The summed E-state index contributed by atoms with van der Waals surface area (Å²) in [6.07, 6.45) is 2.07. The molecular formula is C21H24N2O5. The van der Waals surface area contributed by atoms with Gasteiger partial charge in [0, 0.05) is 25.7 Å². The largest absolute Gasteiger partial charge is 0.489 e. The molecule has 0 radical (unpaired) electrons. The number of benzene rings is 1. The molecule has 28 heavy (non-hydrogen) atoms. The third-order valence-corrected chi connectivity index (χ3v) is 4.58. The van der Waals surface area contributed by atoms with Crippen LogP contribution in [0.5, 0.6) is 5.75 Å². The first-order chi connectivity index (χ1) is 13.6. The number of esters is 2. The van der Waals surface area contributed by atoms with Crippen molar-refractivity contribution in [2.24, 2.45) is 0 Å². The van der Waals surface area contributed by atoms with Gasteiger partial charge in [0.2, 0.25) is 0 Å². The molecule has 1 aliphatic rings. The van der Waals surface area contributed by atoms with Crippen molar-refractivity contribution in [2.45, 2.75) is 32.0 Å². The SMILES string of the molecule is CCOC(=O)c1ccc(CN2C[C@@H](Oc3ccccc3)C[C@H]2C(=O)OC)cn1. The highest BCUT2D eigenvalue weighted by atomic mass is 16.5. The summed E-state index contributed by atoms with van der Waals surface area (Å²) in [6, 6.07) is 12.6. The number of nitrogens with zero attached hydrogens (tertiary/aromatic N) is 2. The summed E-state index contributed by atoms with van der Waals surface area (Å²) in [5.41, 5.74) is 1.16. The number of carbonyl (C=O) groups is 2. The summed E-state index contributed by atoms with van der Waals surface area (Å²) in [6.45, 7) is 3.15. The molecule has 0 aliphatic carbocycles. The molecule has 2 heterocycles. The highest BCUT2D eigenvalue weighted by Crippen LogP contribution is 2.25. The van der Waals surface area contributed by atoms with Crippen LogP contribution in [0.3, 0.4) is 0 Å². The van der Waals surface area contributed by atoms with Crippen molar-refractivity contribution in [1.29, 1.82) is 0 Å². The van der Waals surface area contributed by atoms with E-state index in [1.54, 1.807) is 19.2 Å². The lowest BCUT2D eigenvalue weighted by Gasteiger charge is -2.21. The maximum absolute atomic E-state index is 12.2. The number of hydrogen-bond acceptors (Lipinski definition) is 7. The van der Waals surface area contributed by atoms with Gasteiger partial charge in [0.15, 0.2) is 0 Å². The van der Waals surface area contributed by atoms with Gasteiger partial charge in [-0.1, -0.05) is 24.3 Å². The number of carbonyl (C=O) groups excluding carboxylic acids is 2. The second-order valence-electron chi connectivity index (χ2n) is 6.53. The molecule has 1 aromatic carbocycles. The van der Waals surface area contributed by atoms with Crippen molar-refractivity contribution >= 4 is 11.9 Å². The number of hydrogen-bond donors (Lipinski definition) is 0. The smallest absolute Gasteiger partial charge is 0.356 e. The predicted molar refractivity (Wildman–Crippen MR) is 102 cm³/mol. The Morgan fingerprint density at radius 3 is 2.61 bits per heavy atom. The van der Waals surface area contributed by atoms with Crippen LogP contribution in [-0.4, -0.2) is 54.2 Å². The van der Waals surface area contributed by atoms with Crippen molar-refractivity contribution in [3.63, 3.8) is 0 Å². The van der Waals surface area contributed by atoms with E-state index in [0.717, 1.165) is 11.3 Å². The fourth-order valence-corrected chi connectivity index (χ4v) is 3.27. The minimum Gasteiger partial charge on any atom is -0.489 e. The van der Waals surface area contributed by atoms with Crippen molar-refractivity contribution < 1.29 is 23.8 Å². The number of ether oxygens (including phenoxy) is 3. The second-order valence-corrected chi connectivity index (χ2v) is 6.53. The molecular weight excluding hydrogens is 360 g/mol. The van der Waals surface area contributed by atoms with E-state index in [-0.39, 0.29) is 23.8 Å². The fourth-order valence-electron chi connectivity index (χ4n) is 3.27. The van der Waals surface area contributed by atoms with E-state index in [1.807, 2.05) is 41.3 Å². The maximum atomic E-state index is 12.2. The van der Waals surface area contributed by atoms with Crippen LogP contribution >= 0.6 is 0 Å². The Morgan fingerprint density at radius 1 is 1.18 bits per heavy atom. The quantitative estimate of drug-likeness (QED) is 0.679. The van der Waals surface area contributed by atoms with E-state index < -0.39 is 5.97 Å². The van der Waals surface area contributed by atoms with Crippen molar-refractivity contribution in [3.05, 3.63) is 59.9 Å². The molecule has 0 N–H and O–H groups in total. The van der Waals surface area contributed by atoms with Crippen LogP contribution < -0.4 is 4.74 Å². The Labute approximate surface area is 164 Å². The van der Waals surface area contributed by atoms with Gasteiger partial charge in [-0.3, -0.25) is 9.69 Å². The highest BCUT2D eigenvalue weighted by molar-refractivity contribution is 5.87. The standard InChI is InChI=1S/C21H24N2O5/c1-3-27-20(24)18-10-9-15(12-22-18)13-23-14-17(11-19(23)21(25)26-2)28-16-7-5-4-6-8-16/h4-10,12,17,19H,3,11,13-14H2,1-2H3/t17-,19-/m0/s1. The molecule has 1 saturated heterocycles. The number of para-hydroxylation sites is 1. The third-order valence-electron chi connectivity index (χ3n) is 4.58. The van der Waals surface area contributed by atoms with Crippen LogP contribution in [0.25, 0.3) is 0 Å². The van der Waals surface area contributed by atoms with Gasteiger partial charge in [0.1, 0.15) is 23.6 Å². The van der Waals surface area contributed by atoms with Crippen molar-refractivity contribution in [2.75, 3.05) is 20.3 Å². The van der Waals surface area contributed by atoms with Crippen LogP contribution in [0.1, 0.15) is 29.4 Å². The monoisotopic (exact) mass is 384 g/mol. The van der Waals surface area contributed by atoms with Gasteiger partial charge >= 0.3 is 11.9 Å². The average molecular weight is 384 g/mol. The summed E-state index contributed by atoms with van der Waals surface area (Å²) in [5, 5.41) is 0. The molecule has 2 atom stereocenters. The van der Waals surface area contributed by atoms with Gasteiger partial charge in [0.05, 0.1) is 13.7 Å². The van der Waals surface area contributed by atoms with E-state index in [0.29, 0.717) is 26.1 Å². The lowest BCUT2D eigenvalue weighted by molar-refractivity contribution is -0.146. The number of aromatic nitrogens is 1. The molecule has 1 aromatic heterocycles. The third kappa shape index (κ3) is 4.86. The van der Waals surface area contributed by atoms with Gasteiger partial charge in [0.25, 0.3) is 0 Å². The van der Waals surface area contributed by atoms with E-state index in [4.69, 9.17) is 14.2 Å². The lowest BCUT2D eigenvalue weighted by atomic mass is 10.2. The molecule has 1 fully saturated rings. The molecule has 2 aromatic rings. The lowest BCUT2D eigenvalue weighted by Crippen LogP contribution is -2.36. The Morgan fingerprint density at radius 2 is 1.96 bits per heavy atom. The molecule has 0 unspecified atom stereocenters. The summed E-state index contributed by atoms with van der Waals surface area (Å²) < 4.78 is 15.9. The fraction of sp³-hybridized carbons (Fsp3) is 0.381. The normalized spacial score (nSPS) is 19.2. The summed E-state index contributed by atoms with van der Waals surface area (Å²) >= 11 is 0. The molecule has 3 rings (SSSR count). The zero-order valence-electron chi connectivity index (χ0n) is 16.0. The number of rotatable bonds is 7. The summed E-state index contributed by atoms with van der Waals surface area (Å²) in [7, 11) is 1.39. The van der Waals surface area contributed by atoms with Crippen LogP contribution in [0, 0.1) is 0 Å². The second kappa shape index (κ2) is 9.32. The Hall–Kier alpha value is -2.93. The van der Waals surface area contributed by atoms with Gasteiger partial charge in [-0.25, -0.2) is 9.78 Å². The van der Waals surface area contributed by atoms with E-state index in [9.17, 15) is 9.59 Å².